The molecule has 0 bridgehead atoms. The molecular formula is C18H31N5O5. The molecule has 3 aliphatic rings. The van der Waals surface area contributed by atoms with Crippen molar-refractivity contribution < 1.29 is 23.9 Å². The minimum atomic E-state index is -0.505. The third-order valence-electron chi connectivity index (χ3n) is 5.86. The summed E-state index contributed by atoms with van der Waals surface area (Å²) in [5.41, 5.74) is -0.505. The summed E-state index contributed by atoms with van der Waals surface area (Å²) in [6.45, 7) is 4.86. The zero-order valence-corrected chi connectivity index (χ0v) is 17.0. The number of urea groups is 1. The Kier molecular flexibility index (Phi) is 6.29. The lowest BCUT2D eigenvalue weighted by atomic mass is 9.91. The van der Waals surface area contributed by atoms with Crippen molar-refractivity contribution in [1.82, 2.24) is 24.9 Å². The lowest BCUT2D eigenvalue weighted by Crippen LogP contribution is -2.53. The van der Waals surface area contributed by atoms with Gasteiger partial charge in [0.15, 0.2) is 0 Å². The van der Waals surface area contributed by atoms with Gasteiger partial charge in [0.2, 0.25) is 5.91 Å². The molecule has 0 aromatic carbocycles. The molecule has 0 radical (unpaired) electrons. The van der Waals surface area contributed by atoms with Crippen LogP contribution in [0.2, 0.25) is 0 Å². The predicted molar refractivity (Wildman–Crippen MR) is 101 cm³/mol. The quantitative estimate of drug-likeness (QED) is 0.617. The van der Waals surface area contributed by atoms with E-state index in [0.717, 1.165) is 13.1 Å². The zero-order valence-electron chi connectivity index (χ0n) is 17.0. The number of amides is 4. The normalized spacial score (nSPS) is 24.3. The number of rotatable bonds is 7. The van der Waals surface area contributed by atoms with Crippen molar-refractivity contribution in [2.75, 3.05) is 73.6 Å². The Morgan fingerprint density at radius 2 is 2.04 bits per heavy atom. The molecule has 0 aromatic heterocycles. The average Bonchev–Trinajstić information content (AvgIpc) is 3.17. The van der Waals surface area contributed by atoms with E-state index in [1.165, 1.54) is 4.90 Å². The van der Waals surface area contributed by atoms with Crippen molar-refractivity contribution in [1.29, 1.82) is 0 Å². The molecule has 28 heavy (non-hydrogen) atoms. The number of likely N-dealkylation sites (tertiary alicyclic amines) is 1. The second kappa shape index (κ2) is 8.52. The lowest BCUT2D eigenvalue weighted by Gasteiger charge is -2.38. The monoisotopic (exact) mass is 397 g/mol. The lowest BCUT2D eigenvalue weighted by molar-refractivity contribution is -0.136. The smallest absolute Gasteiger partial charge is 0.410 e. The molecule has 158 valence electrons. The number of piperidine rings is 1. The molecule has 10 heteroatoms. The van der Waals surface area contributed by atoms with Crippen LogP contribution in [0.5, 0.6) is 0 Å². The summed E-state index contributed by atoms with van der Waals surface area (Å²) in [6.07, 6.45) is 0.971. The highest BCUT2D eigenvalue weighted by Gasteiger charge is 2.48. The van der Waals surface area contributed by atoms with Gasteiger partial charge in [0, 0.05) is 59.7 Å². The van der Waals surface area contributed by atoms with Gasteiger partial charge in [0.1, 0.15) is 11.6 Å². The average molecular weight is 397 g/mol. The van der Waals surface area contributed by atoms with Crippen LogP contribution in [0.4, 0.5) is 9.59 Å². The largest absolute Gasteiger partial charge is 0.441 e. The van der Waals surface area contributed by atoms with Crippen LogP contribution >= 0.6 is 0 Å². The summed E-state index contributed by atoms with van der Waals surface area (Å²) >= 11 is 0. The molecule has 4 amide bonds. The third kappa shape index (κ3) is 4.49. The van der Waals surface area contributed by atoms with Crippen LogP contribution in [0, 0.1) is 0 Å². The Labute approximate surface area is 165 Å². The number of nitrogens with zero attached hydrogens (tertiary/aromatic N) is 4. The number of nitrogens with one attached hydrogen (secondary N) is 1. The van der Waals surface area contributed by atoms with Gasteiger partial charge in [0.25, 0.3) is 0 Å². The van der Waals surface area contributed by atoms with E-state index < -0.39 is 11.6 Å². The molecule has 1 atom stereocenters. The molecule has 0 aromatic rings. The van der Waals surface area contributed by atoms with Gasteiger partial charge in [-0.15, -0.1) is 0 Å². The van der Waals surface area contributed by atoms with Crippen molar-refractivity contribution in [3.05, 3.63) is 0 Å². The fourth-order valence-electron chi connectivity index (χ4n) is 3.93. The zero-order chi connectivity index (χ0) is 20.3. The van der Waals surface area contributed by atoms with Crippen LogP contribution < -0.4 is 5.32 Å². The molecule has 0 unspecified atom stereocenters. The highest BCUT2D eigenvalue weighted by Crippen LogP contribution is 2.33. The molecule has 3 fully saturated rings. The number of hydrogen-bond acceptors (Lipinski definition) is 6. The molecule has 1 spiro atoms. The molecule has 3 saturated heterocycles. The molecule has 3 rings (SSSR count). The minimum Gasteiger partial charge on any atom is -0.441 e. The standard InChI is InChI=1S/C18H31N5O5/c1-20(10-11-27-3)8-9-23-13-18(28-17(23)26)4-6-22(7-5-18)15(24)14-12-21(2)16(25)19-14/h14H,4-13H2,1-3H3,(H,19,25)/t14-/m1/s1. The molecule has 10 nitrogen and oxygen atoms in total. The number of hydrogen-bond donors (Lipinski definition) is 1. The van der Waals surface area contributed by atoms with Gasteiger partial charge in [0.05, 0.1) is 19.7 Å². The summed E-state index contributed by atoms with van der Waals surface area (Å²) in [5.74, 6) is -0.0616. The molecule has 0 aliphatic carbocycles. The first-order chi connectivity index (χ1) is 13.3. The van der Waals surface area contributed by atoms with Gasteiger partial charge in [-0.3, -0.25) is 4.79 Å². The van der Waals surface area contributed by atoms with Crippen LogP contribution in [0.1, 0.15) is 12.8 Å². The highest BCUT2D eigenvalue weighted by atomic mass is 16.6. The van der Waals surface area contributed by atoms with E-state index in [1.807, 2.05) is 7.05 Å². The van der Waals surface area contributed by atoms with Crippen molar-refractivity contribution in [2.45, 2.75) is 24.5 Å². The van der Waals surface area contributed by atoms with Crippen LogP contribution in [-0.4, -0.2) is 123 Å². The first-order valence-electron chi connectivity index (χ1n) is 9.79. The van der Waals surface area contributed by atoms with Crippen molar-refractivity contribution in [3.63, 3.8) is 0 Å². The number of carbonyl (C=O) groups is 3. The molecule has 0 saturated carbocycles. The van der Waals surface area contributed by atoms with E-state index in [-0.39, 0.29) is 18.0 Å². The molecule has 3 heterocycles. The van der Waals surface area contributed by atoms with Gasteiger partial charge >= 0.3 is 12.1 Å². The fourth-order valence-corrected chi connectivity index (χ4v) is 3.93. The van der Waals surface area contributed by atoms with Crippen LogP contribution in [-0.2, 0) is 14.3 Å². The maximum Gasteiger partial charge on any atom is 0.410 e. The second-order valence-corrected chi connectivity index (χ2v) is 7.98. The summed E-state index contributed by atoms with van der Waals surface area (Å²) in [4.78, 5) is 43.7. The summed E-state index contributed by atoms with van der Waals surface area (Å²) < 4.78 is 10.8. The Hall–Kier alpha value is -2.07. The van der Waals surface area contributed by atoms with Crippen molar-refractivity contribution in [2.24, 2.45) is 0 Å². The Morgan fingerprint density at radius 1 is 1.32 bits per heavy atom. The maximum atomic E-state index is 12.6. The maximum absolute atomic E-state index is 12.6. The summed E-state index contributed by atoms with van der Waals surface area (Å²) in [7, 11) is 5.35. The number of methoxy groups -OCH3 is 1. The van der Waals surface area contributed by atoms with E-state index in [1.54, 1.807) is 24.0 Å². The van der Waals surface area contributed by atoms with Crippen LogP contribution in [0.15, 0.2) is 0 Å². The fraction of sp³-hybridized carbons (Fsp3) is 0.833. The first kappa shape index (κ1) is 20.7. The number of likely N-dealkylation sites (N-methyl/N-ethyl adjacent to an activating group) is 2. The van der Waals surface area contributed by atoms with Gasteiger partial charge in [-0.05, 0) is 7.05 Å². The summed E-state index contributed by atoms with van der Waals surface area (Å²) in [6, 6.07) is -0.709. The van der Waals surface area contributed by atoms with Crippen molar-refractivity contribution >= 4 is 18.0 Å². The number of carbonyl (C=O) groups excluding carboxylic acids is 3. The Morgan fingerprint density at radius 3 is 2.64 bits per heavy atom. The Bertz CT molecular complexity index is 607. The van der Waals surface area contributed by atoms with Gasteiger partial charge < -0.3 is 34.4 Å². The van der Waals surface area contributed by atoms with E-state index in [9.17, 15) is 14.4 Å². The predicted octanol–water partition coefficient (Wildman–Crippen LogP) is -0.598. The topological polar surface area (TPSA) is 94.7 Å². The minimum absolute atomic E-state index is 0.0616. The van der Waals surface area contributed by atoms with Gasteiger partial charge in [-0.25, -0.2) is 9.59 Å². The van der Waals surface area contributed by atoms with Gasteiger partial charge in [-0.2, -0.15) is 0 Å². The van der Waals surface area contributed by atoms with Crippen LogP contribution in [0.25, 0.3) is 0 Å². The summed E-state index contributed by atoms with van der Waals surface area (Å²) in [5, 5.41) is 2.71. The van der Waals surface area contributed by atoms with Gasteiger partial charge in [-0.1, -0.05) is 0 Å². The first-order valence-corrected chi connectivity index (χ1v) is 9.79. The second-order valence-electron chi connectivity index (χ2n) is 7.98. The third-order valence-corrected chi connectivity index (χ3v) is 5.86. The van der Waals surface area contributed by atoms with E-state index in [2.05, 4.69) is 10.2 Å². The molecular weight excluding hydrogens is 366 g/mol. The SMILES string of the molecule is COCCN(C)CCN1CC2(CCN(C(=O)[C@H]3CN(C)C(=O)N3)CC2)OC1=O. The molecule has 1 N–H and O–H groups in total. The van der Waals surface area contributed by atoms with E-state index >= 15 is 0 Å². The molecule has 3 aliphatic heterocycles. The van der Waals surface area contributed by atoms with E-state index in [0.29, 0.717) is 52.2 Å². The number of ether oxygens (including phenoxy) is 2. The van der Waals surface area contributed by atoms with Crippen LogP contribution in [0.3, 0.4) is 0 Å². The van der Waals surface area contributed by atoms with E-state index in [4.69, 9.17) is 9.47 Å². The Balaban J connectivity index is 1.46. The highest BCUT2D eigenvalue weighted by molar-refractivity contribution is 5.90. The van der Waals surface area contributed by atoms with Crippen molar-refractivity contribution in [3.8, 4) is 0 Å².